The van der Waals surface area contributed by atoms with Crippen molar-refractivity contribution in [1.29, 1.82) is 0 Å². The second kappa shape index (κ2) is 5.56. The lowest BCUT2D eigenvalue weighted by Gasteiger charge is -2.09. The van der Waals surface area contributed by atoms with Crippen LogP contribution in [0.2, 0.25) is 0 Å². The molecular weight excluding hydrogens is 268 g/mol. The zero-order valence-corrected chi connectivity index (χ0v) is 11.1. The van der Waals surface area contributed by atoms with E-state index < -0.39 is 16.2 Å². The van der Waals surface area contributed by atoms with Gasteiger partial charge in [0, 0.05) is 0 Å². The molecule has 0 amide bonds. The summed E-state index contributed by atoms with van der Waals surface area (Å²) in [6, 6.07) is 9.44. The third-order valence-corrected chi connectivity index (χ3v) is 3.86. The van der Waals surface area contributed by atoms with Crippen LogP contribution in [0.1, 0.15) is 17.4 Å². The zero-order valence-electron chi connectivity index (χ0n) is 10.3. The standard InChI is InChI=1S/C13H14O5S/c1-10-4-6-11(7-5-10)19(15,16)18-9-12(14)13-3-2-8-17-13/h2-8,12,14H,9H2,1H3/t12-/m0/s1. The van der Waals surface area contributed by atoms with Gasteiger partial charge in [-0.3, -0.25) is 4.18 Å². The fraction of sp³-hybridized carbons (Fsp3) is 0.231. The topological polar surface area (TPSA) is 76.7 Å². The monoisotopic (exact) mass is 282 g/mol. The summed E-state index contributed by atoms with van der Waals surface area (Å²) in [4.78, 5) is 0.0599. The lowest BCUT2D eigenvalue weighted by Crippen LogP contribution is -2.13. The molecule has 1 N–H and O–H groups in total. The van der Waals surface area contributed by atoms with E-state index in [0.29, 0.717) is 0 Å². The molecule has 0 saturated carbocycles. The van der Waals surface area contributed by atoms with Crippen LogP contribution in [0.5, 0.6) is 0 Å². The summed E-state index contributed by atoms with van der Waals surface area (Å²) in [6.07, 6.45) is 0.280. The second-order valence-electron chi connectivity index (χ2n) is 4.08. The van der Waals surface area contributed by atoms with Crippen molar-refractivity contribution in [1.82, 2.24) is 0 Å². The molecule has 0 aliphatic heterocycles. The van der Waals surface area contributed by atoms with E-state index in [2.05, 4.69) is 0 Å². The summed E-state index contributed by atoms with van der Waals surface area (Å²) < 4.78 is 33.5. The molecule has 102 valence electrons. The normalized spacial score (nSPS) is 13.4. The van der Waals surface area contributed by atoms with E-state index in [-0.39, 0.29) is 17.3 Å². The van der Waals surface area contributed by atoms with Crippen LogP contribution in [0, 0.1) is 6.92 Å². The Hall–Kier alpha value is -1.63. The number of aliphatic hydroxyl groups is 1. The first-order chi connectivity index (χ1) is 8.99. The van der Waals surface area contributed by atoms with E-state index in [4.69, 9.17) is 8.60 Å². The van der Waals surface area contributed by atoms with Crippen molar-refractivity contribution in [3.63, 3.8) is 0 Å². The summed E-state index contributed by atoms with van der Waals surface area (Å²) in [5.41, 5.74) is 0.953. The van der Waals surface area contributed by atoms with Crippen molar-refractivity contribution in [3.05, 3.63) is 54.0 Å². The van der Waals surface area contributed by atoms with Crippen molar-refractivity contribution in [3.8, 4) is 0 Å². The molecule has 0 saturated heterocycles. The molecule has 5 nitrogen and oxygen atoms in total. The number of aryl methyl sites for hydroxylation is 1. The Bertz CT molecular complexity index is 614. The molecule has 0 bridgehead atoms. The van der Waals surface area contributed by atoms with Crippen LogP contribution in [0.4, 0.5) is 0 Å². The predicted octanol–water partition coefficient (Wildman–Crippen LogP) is 2.03. The first-order valence-corrected chi connectivity index (χ1v) is 7.07. The highest BCUT2D eigenvalue weighted by Crippen LogP contribution is 2.18. The molecule has 19 heavy (non-hydrogen) atoms. The number of hydrogen-bond donors (Lipinski definition) is 1. The summed E-state index contributed by atoms with van der Waals surface area (Å²) in [5, 5.41) is 9.68. The number of benzene rings is 1. The third kappa shape index (κ3) is 3.44. The highest BCUT2D eigenvalue weighted by Gasteiger charge is 2.19. The van der Waals surface area contributed by atoms with Gasteiger partial charge in [-0.1, -0.05) is 17.7 Å². The fourth-order valence-corrected chi connectivity index (χ4v) is 2.40. The minimum Gasteiger partial charge on any atom is -0.466 e. The minimum atomic E-state index is -3.86. The van der Waals surface area contributed by atoms with E-state index in [1.165, 1.54) is 18.4 Å². The molecule has 6 heteroatoms. The summed E-state index contributed by atoms with van der Waals surface area (Å²) in [7, 11) is -3.86. The zero-order chi connectivity index (χ0) is 13.9. The lowest BCUT2D eigenvalue weighted by molar-refractivity contribution is 0.0917. The maximum Gasteiger partial charge on any atom is 0.297 e. The molecule has 2 rings (SSSR count). The van der Waals surface area contributed by atoms with Crippen LogP contribution in [-0.2, 0) is 14.3 Å². The van der Waals surface area contributed by atoms with Gasteiger partial charge in [0.2, 0.25) is 0 Å². The first-order valence-electron chi connectivity index (χ1n) is 5.66. The highest BCUT2D eigenvalue weighted by atomic mass is 32.2. The number of aliphatic hydroxyl groups excluding tert-OH is 1. The Morgan fingerprint density at radius 2 is 1.95 bits per heavy atom. The van der Waals surface area contributed by atoms with Gasteiger partial charge in [0.05, 0.1) is 17.8 Å². The molecule has 1 heterocycles. The van der Waals surface area contributed by atoms with Gasteiger partial charge in [0.15, 0.2) is 0 Å². The van der Waals surface area contributed by atoms with E-state index in [1.54, 1.807) is 24.3 Å². The van der Waals surface area contributed by atoms with E-state index in [0.717, 1.165) is 5.56 Å². The quantitative estimate of drug-likeness (QED) is 0.849. The van der Waals surface area contributed by atoms with Crippen LogP contribution in [0.15, 0.2) is 52.0 Å². The second-order valence-corrected chi connectivity index (χ2v) is 5.70. The van der Waals surface area contributed by atoms with Crippen molar-refractivity contribution in [2.24, 2.45) is 0 Å². The Kier molecular flexibility index (Phi) is 4.04. The summed E-state index contributed by atoms with van der Waals surface area (Å²) in [6.45, 7) is 1.47. The summed E-state index contributed by atoms with van der Waals surface area (Å²) >= 11 is 0. The Morgan fingerprint density at radius 1 is 1.26 bits per heavy atom. The van der Waals surface area contributed by atoms with Crippen molar-refractivity contribution in [2.45, 2.75) is 17.9 Å². The molecule has 0 aliphatic carbocycles. The molecule has 0 radical (unpaired) electrons. The first kappa shape index (κ1) is 13.8. The van der Waals surface area contributed by atoms with Crippen LogP contribution in [-0.4, -0.2) is 20.1 Å². The molecule has 1 atom stereocenters. The molecule has 2 aromatic rings. The average molecular weight is 282 g/mol. The Morgan fingerprint density at radius 3 is 2.53 bits per heavy atom. The Labute approximate surface area is 111 Å². The molecule has 1 aromatic carbocycles. The van der Waals surface area contributed by atoms with Crippen LogP contribution in [0.25, 0.3) is 0 Å². The molecular formula is C13H14O5S. The molecule has 0 aliphatic rings. The third-order valence-electron chi connectivity index (χ3n) is 2.56. The summed E-state index contributed by atoms with van der Waals surface area (Å²) in [5.74, 6) is 0.263. The van der Waals surface area contributed by atoms with E-state index in [9.17, 15) is 13.5 Å². The van der Waals surface area contributed by atoms with Gasteiger partial charge in [0.1, 0.15) is 11.9 Å². The van der Waals surface area contributed by atoms with Gasteiger partial charge in [-0.25, -0.2) is 0 Å². The maximum atomic E-state index is 11.9. The van der Waals surface area contributed by atoms with Gasteiger partial charge < -0.3 is 9.52 Å². The highest BCUT2D eigenvalue weighted by molar-refractivity contribution is 7.86. The van der Waals surface area contributed by atoms with Gasteiger partial charge in [-0.2, -0.15) is 8.42 Å². The van der Waals surface area contributed by atoms with Gasteiger partial charge in [-0.15, -0.1) is 0 Å². The predicted molar refractivity (Wildman–Crippen MR) is 68.0 cm³/mol. The average Bonchev–Trinajstić information content (AvgIpc) is 2.90. The molecule has 0 spiro atoms. The van der Waals surface area contributed by atoms with Crippen molar-refractivity contribution >= 4 is 10.1 Å². The van der Waals surface area contributed by atoms with Gasteiger partial charge in [0.25, 0.3) is 10.1 Å². The van der Waals surface area contributed by atoms with Crippen molar-refractivity contribution in [2.75, 3.05) is 6.61 Å². The Balaban J connectivity index is 2.04. The number of hydrogen-bond acceptors (Lipinski definition) is 5. The molecule has 0 unspecified atom stereocenters. The number of rotatable bonds is 5. The fourth-order valence-electron chi connectivity index (χ4n) is 1.49. The van der Waals surface area contributed by atoms with Crippen LogP contribution >= 0.6 is 0 Å². The van der Waals surface area contributed by atoms with Gasteiger partial charge in [-0.05, 0) is 31.2 Å². The maximum absolute atomic E-state index is 11.9. The minimum absolute atomic E-state index is 0.0599. The smallest absolute Gasteiger partial charge is 0.297 e. The van der Waals surface area contributed by atoms with E-state index in [1.807, 2.05) is 6.92 Å². The molecule has 0 fully saturated rings. The molecule has 1 aromatic heterocycles. The largest absolute Gasteiger partial charge is 0.466 e. The van der Waals surface area contributed by atoms with Gasteiger partial charge >= 0.3 is 0 Å². The SMILES string of the molecule is Cc1ccc(S(=O)(=O)OC[C@H](O)c2ccco2)cc1. The number of furan rings is 1. The van der Waals surface area contributed by atoms with E-state index >= 15 is 0 Å². The van der Waals surface area contributed by atoms with Crippen LogP contribution in [0.3, 0.4) is 0 Å². The lowest BCUT2D eigenvalue weighted by atomic mass is 10.2. The van der Waals surface area contributed by atoms with Crippen molar-refractivity contribution < 1.29 is 22.1 Å². The van der Waals surface area contributed by atoms with Crippen LogP contribution < -0.4 is 0 Å².